The maximum absolute atomic E-state index is 9.18. The molecule has 0 aliphatic rings. The third-order valence-corrected chi connectivity index (χ3v) is 4.93. The lowest BCUT2D eigenvalue weighted by atomic mass is 9.99. The molecule has 0 bridgehead atoms. The van der Waals surface area contributed by atoms with Crippen molar-refractivity contribution in [2.45, 2.75) is 6.54 Å². The van der Waals surface area contributed by atoms with E-state index in [0.717, 1.165) is 11.3 Å². The Morgan fingerprint density at radius 1 is 1.03 bits per heavy atom. The third kappa shape index (κ3) is 6.06. The minimum absolute atomic E-state index is 0.0981. The fraction of sp³-hybridized carbons (Fsp3) is 0.304. The second-order valence-corrected chi connectivity index (χ2v) is 7.28. The van der Waals surface area contributed by atoms with Crippen molar-refractivity contribution in [3.05, 3.63) is 48.2 Å². The van der Waals surface area contributed by atoms with Gasteiger partial charge in [0, 0.05) is 42.8 Å². The Balaban J connectivity index is 1.86. The summed E-state index contributed by atoms with van der Waals surface area (Å²) in [6.07, 6.45) is 1.54. The molecule has 172 valence electrons. The predicted molar refractivity (Wildman–Crippen MR) is 130 cm³/mol. The SMILES string of the molecule is [B]c1cnc(Nc2cc(OC)c(OC)c(OC)c2)nc1Nc1ccccc1CN(C)CCO. The number of benzene rings is 2. The number of hydrogen-bond acceptors (Lipinski definition) is 9. The number of nitrogens with zero attached hydrogens (tertiary/aromatic N) is 3. The van der Waals surface area contributed by atoms with Crippen molar-refractivity contribution in [2.24, 2.45) is 0 Å². The highest BCUT2D eigenvalue weighted by atomic mass is 16.5. The molecule has 0 fully saturated rings. The molecular weight excluding hydrogens is 421 g/mol. The van der Waals surface area contributed by atoms with Crippen LogP contribution < -0.4 is 30.3 Å². The van der Waals surface area contributed by atoms with Crippen LogP contribution in [-0.4, -0.2) is 69.3 Å². The van der Waals surface area contributed by atoms with E-state index in [2.05, 4.69) is 20.6 Å². The summed E-state index contributed by atoms with van der Waals surface area (Å²) in [7, 11) is 12.8. The highest BCUT2D eigenvalue weighted by Crippen LogP contribution is 2.40. The monoisotopic (exact) mass is 449 g/mol. The van der Waals surface area contributed by atoms with E-state index in [9.17, 15) is 5.11 Å². The molecule has 0 atom stereocenters. The Hall–Kier alpha value is -3.50. The molecule has 2 aromatic carbocycles. The maximum Gasteiger partial charge on any atom is 0.229 e. The molecule has 1 heterocycles. The van der Waals surface area contributed by atoms with Gasteiger partial charge in [-0.3, -0.25) is 4.90 Å². The topological polar surface area (TPSA) is 101 Å². The van der Waals surface area contributed by atoms with E-state index in [4.69, 9.17) is 22.1 Å². The Morgan fingerprint density at radius 2 is 1.73 bits per heavy atom. The number of nitrogens with one attached hydrogen (secondary N) is 2. The van der Waals surface area contributed by atoms with Gasteiger partial charge in [-0.2, -0.15) is 4.98 Å². The van der Waals surface area contributed by atoms with Crippen molar-refractivity contribution in [2.75, 3.05) is 52.2 Å². The van der Waals surface area contributed by atoms with Gasteiger partial charge in [0.05, 0.1) is 27.9 Å². The molecule has 2 radical (unpaired) electrons. The molecule has 0 unspecified atom stereocenters. The molecule has 0 amide bonds. The Bertz CT molecular complexity index is 1060. The number of aromatic nitrogens is 2. The molecule has 9 nitrogen and oxygen atoms in total. The summed E-state index contributed by atoms with van der Waals surface area (Å²) < 4.78 is 16.2. The van der Waals surface area contributed by atoms with Crippen molar-refractivity contribution in [3.63, 3.8) is 0 Å². The van der Waals surface area contributed by atoms with Gasteiger partial charge in [-0.25, -0.2) is 4.98 Å². The molecule has 0 saturated heterocycles. The first-order chi connectivity index (χ1) is 16.0. The summed E-state index contributed by atoms with van der Waals surface area (Å²) >= 11 is 0. The Kier molecular flexibility index (Phi) is 8.34. The summed E-state index contributed by atoms with van der Waals surface area (Å²) in [5.41, 5.74) is 2.98. The number of anilines is 4. The molecule has 33 heavy (non-hydrogen) atoms. The summed E-state index contributed by atoms with van der Waals surface area (Å²) in [6, 6.07) is 11.4. The van der Waals surface area contributed by atoms with Gasteiger partial charge in [-0.1, -0.05) is 18.2 Å². The van der Waals surface area contributed by atoms with Crippen LogP contribution in [0, 0.1) is 0 Å². The molecule has 1 aromatic heterocycles. The lowest BCUT2D eigenvalue weighted by molar-refractivity contribution is 0.217. The van der Waals surface area contributed by atoms with E-state index >= 15 is 0 Å². The number of para-hydroxylation sites is 1. The van der Waals surface area contributed by atoms with Crippen LogP contribution in [0.1, 0.15) is 5.56 Å². The average molecular weight is 449 g/mol. The molecule has 10 heteroatoms. The number of aliphatic hydroxyl groups is 1. The van der Waals surface area contributed by atoms with E-state index in [1.165, 1.54) is 6.20 Å². The van der Waals surface area contributed by atoms with Crippen LogP contribution in [-0.2, 0) is 6.54 Å². The first kappa shape index (κ1) is 24.2. The van der Waals surface area contributed by atoms with Crippen molar-refractivity contribution in [1.82, 2.24) is 14.9 Å². The number of likely N-dealkylation sites (N-methyl/N-ethyl adjacent to an activating group) is 1. The van der Waals surface area contributed by atoms with E-state index in [1.54, 1.807) is 33.5 Å². The van der Waals surface area contributed by atoms with E-state index in [0.29, 0.717) is 53.3 Å². The normalized spacial score (nSPS) is 10.7. The van der Waals surface area contributed by atoms with Crippen molar-refractivity contribution in [1.29, 1.82) is 0 Å². The van der Waals surface area contributed by atoms with Crippen LogP contribution in [0.5, 0.6) is 17.2 Å². The first-order valence-electron chi connectivity index (χ1n) is 10.3. The fourth-order valence-corrected chi connectivity index (χ4v) is 3.28. The number of hydrogen-bond donors (Lipinski definition) is 3. The molecule has 3 rings (SSSR count). The van der Waals surface area contributed by atoms with Gasteiger partial charge in [0.1, 0.15) is 13.7 Å². The lowest BCUT2D eigenvalue weighted by Crippen LogP contribution is -2.22. The maximum atomic E-state index is 9.18. The standard InChI is InChI=1S/C23H28BN5O4/c1-29(9-10-30)14-15-7-5-6-8-18(15)27-22-17(24)13-25-23(28-22)26-16-11-19(31-2)21(33-4)20(12-16)32-3/h5-8,11-13,30H,9-10,14H2,1-4H3,(H2,25,26,27,28). The lowest BCUT2D eigenvalue weighted by Gasteiger charge is -2.19. The summed E-state index contributed by atoms with van der Waals surface area (Å²) in [4.78, 5) is 10.9. The fourth-order valence-electron chi connectivity index (χ4n) is 3.28. The second-order valence-electron chi connectivity index (χ2n) is 7.28. The summed E-state index contributed by atoms with van der Waals surface area (Å²) in [5, 5.41) is 15.6. The van der Waals surface area contributed by atoms with Gasteiger partial charge in [-0.05, 0) is 24.1 Å². The van der Waals surface area contributed by atoms with Crippen LogP contribution in [0.25, 0.3) is 0 Å². The van der Waals surface area contributed by atoms with Crippen molar-refractivity contribution in [3.8, 4) is 17.2 Å². The molecule has 0 spiro atoms. The highest BCUT2D eigenvalue weighted by Gasteiger charge is 2.14. The quantitative estimate of drug-likeness (QED) is 0.381. The number of aliphatic hydroxyl groups excluding tert-OH is 1. The zero-order valence-electron chi connectivity index (χ0n) is 19.3. The van der Waals surface area contributed by atoms with Gasteiger partial charge in [0.2, 0.25) is 11.7 Å². The van der Waals surface area contributed by atoms with Crippen molar-refractivity contribution < 1.29 is 19.3 Å². The van der Waals surface area contributed by atoms with Gasteiger partial charge >= 0.3 is 0 Å². The molecule has 0 aliphatic heterocycles. The van der Waals surface area contributed by atoms with Crippen LogP contribution in [0.3, 0.4) is 0 Å². The molecule has 3 aromatic rings. The number of rotatable bonds is 11. The summed E-state index contributed by atoms with van der Waals surface area (Å²) in [6.45, 7) is 1.33. The zero-order valence-corrected chi connectivity index (χ0v) is 19.3. The van der Waals surface area contributed by atoms with Crippen LogP contribution in [0.15, 0.2) is 42.6 Å². The number of methoxy groups -OCH3 is 3. The highest BCUT2D eigenvalue weighted by molar-refractivity contribution is 6.35. The zero-order chi connectivity index (χ0) is 23.8. The molecule has 0 saturated carbocycles. The van der Waals surface area contributed by atoms with Crippen LogP contribution in [0.2, 0.25) is 0 Å². The second kappa shape index (κ2) is 11.4. The molecule has 0 aliphatic carbocycles. The van der Waals surface area contributed by atoms with E-state index in [1.807, 2.05) is 36.2 Å². The van der Waals surface area contributed by atoms with E-state index < -0.39 is 0 Å². The molecule has 3 N–H and O–H groups in total. The van der Waals surface area contributed by atoms with Crippen molar-refractivity contribution >= 4 is 36.5 Å². The largest absolute Gasteiger partial charge is 0.493 e. The minimum Gasteiger partial charge on any atom is -0.493 e. The first-order valence-corrected chi connectivity index (χ1v) is 10.3. The Morgan fingerprint density at radius 3 is 2.36 bits per heavy atom. The average Bonchev–Trinajstić information content (AvgIpc) is 2.81. The third-order valence-electron chi connectivity index (χ3n) is 4.93. The van der Waals surface area contributed by atoms with E-state index in [-0.39, 0.29) is 6.61 Å². The van der Waals surface area contributed by atoms with Gasteiger partial charge < -0.3 is 30.0 Å². The smallest absolute Gasteiger partial charge is 0.229 e. The number of ether oxygens (including phenoxy) is 3. The summed E-state index contributed by atoms with van der Waals surface area (Å²) in [5.74, 6) is 2.32. The predicted octanol–water partition coefficient (Wildman–Crippen LogP) is 2.21. The van der Waals surface area contributed by atoms with Gasteiger partial charge in [0.25, 0.3) is 0 Å². The van der Waals surface area contributed by atoms with Crippen LogP contribution >= 0.6 is 0 Å². The van der Waals surface area contributed by atoms with Gasteiger partial charge in [0.15, 0.2) is 11.5 Å². The molecular formula is C23H28BN5O4. The van der Waals surface area contributed by atoms with Gasteiger partial charge in [-0.15, -0.1) is 0 Å². The Labute approximate surface area is 195 Å². The van der Waals surface area contributed by atoms with Crippen LogP contribution in [0.4, 0.5) is 23.1 Å². The minimum atomic E-state index is 0.0981.